The molecule has 1 aromatic carbocycles. The summed E-state index contributed by atoms with van der Waals surface area (Å²) in [5, 5.41) is 7.62. The molecular weight excluding hydrogens is 312 g/mol. The molecule has 0 atom stereocenters. The summed E-state index contributed by atoms with van der Waals surface area (Å²) in [5.41, 5.74) is 2.41. The highest BCUT2D eigenvalue weighted by atomic mass is 16.1. The molecule has 128 valence electrons. The summed E-state index contributed by atoms with van der Waals surface area (Å²) >= 11 is 0. The fourth-order valence-electron chi connectivity index (χ4n) is 2.47. The lowest BCUT2D eigenvalue weighted by Crippen LogP contribution is -2.15. The van der Waals surface area contributed by atoms with Gasteiger partial charge in [0.1, 0.15) is 5.82 Å². The predicted molar refractivity (Wildman–Crippen MR) is 99.2 cm³/mol. The minimum atomic E-state index is -0.166. The van der Waals surface area contributed by atoms with Crippen LogP contribution in [0.3, 0.4) is 0 Å². The van der Waals surface area contributed by atoms with Crippen molar-refractivity contribution >= 4 is 11.7 Å². The number of nitrogens with zero attached hydrogens (tertiary/aromatic N) is 3. The molecule has 0 fully saturated rings. The lowest BCUT2D eigenvalue weighted by Gasteiger charge is -2.13. The third kappa shape index (κ3) is 3.76. The molecule has 0 unspecified atom stereocenters. The molecular formula is C20H22N4O. The summed E-state index contributed by atoms with van der Waals surface area (Å²) in [6.07, 6.45) is 1.71. The van der Waals surface area contributed by atoms with Crippen LogP contribution in [-0.4, -0.2) is 20.7 Å². The highest BCUT2D eigenvalue weighted by molar-refractivity contribution is 6.04. The van der Waals surface area contributed by atoms with Gasteiger partial charge in [-0.15, -0.1) is 0 Å². The lowest BCUT2D eigenvalue weighted by atomic mass is 9.92. The van der Waals surface area contributed by atoms with Crippen LogP contribution in [0.2, 0.25) is 0 Å². The van der Waals surface area contributed by atoms with E-state index in [1.807, 2.05) is 49.4 Å². The number of hydrogen-bond donors (Lipinski definition) is 1. The third-order valence-corrected chi connectivity index (χ3v) is 3.87. The van der Waals surface area contributed by atoms with Gasteiger partial charge in [0, 0.05) is 23.2 Å². The number of aromatic nitrogens is 3. The van der Waals surface area contributed by atoms with E-state index in [1.54, 1.807) is 16.9 Å². The Hall–Kier alpha value is -2.95. The van der Waals surface area contributed by atoms with Crippen molar-refractivity contribution in [2.24, 2.45) is 0 Å². The molecule has 5 heteroatoms. The Morgan fingerprint density at radius 2 is 1.88 bits per heavy atom. The molecule has 0 radical (unpaired) electrons. The molecule has 25 heavy (non-hydrogen) atoms. The quantitative estimate of drug-likeness (QED) is 0.783. The van der Waals surface area contributed by atoms with Crippen molar-refractivity contribution in [3.8, 4) is 5.82 Å². The summed E-state index contributed by atoms with van der Waals surface area (Å²) in [4.78, 5) is 17.0. The van der Waals surface area contributed by atoms with Crippen LogP contribution in [0.1, 0.15) is 42.4 Å². The van der Waals surface area contributed by atoms with Gasteiger partial charge < -0.3 is 5.32 Å². The van der Waals surface area contributed by atoms with Crippen LogP contribution in [0.4, 0.5) is 5.82 Å². The van der Waals surface area contributed by atoms with Crippen molar-refractivity contribution in [2.45, 2.75) is 33.1 Å². The van der Waals surface area contributed by atoms with Gasteiger partial charge >= 0.3 is 0 Å². The van der Waals surface area contributed by atoms with Gasteiger partial charge in [0.2, 0.25) is 0 Å². The Kier molecular flexibility index (Phi) is 4.40. The third-order valence-electron chi connectivity index (χ3n) is 3.87. The van der Waals surface area contributed by atoms with Crippen LogP contribution in [0.25, 0.3) is 5.82 Å². The van der Waals surface area contributed by atoms with Crippen LogP contribution < -0.4 is 5.32 Å². The molecule has 3 rings (SSSR count). The first-order valence-electron chi connectivity index (χ1n) is 8.24. The number of pyridine rings is 1. The number of rotatable bonds is 3. The summed E-state index contributed by atoms with van der Waals surface area (Å²) < 4.78 is 1.67. The summed E-state index contributed by atoms with van der Waals surface area (Å²) in [6.45, 7) is 8.23. The zero-order valence-electron chi connectivity index (χ0n) is 14.9. The molecule has 0 aliphatic heterocycles. The van der Waals surface area contributed by atoms with Crippen LogP contribution in [0.5, 0.6) is 0 Å². The predicted octanol–water partition coefficient (Wildman–Crippen LogP) is 4.13. The zero-order chi connectivity index (χ0) is 18.0. The Morgan fingerprint density at radius 1 is 1.08 bits per heavy atom. The molecule has 2 heterocycles. The first-order chi connectivity index (χ1) is 11.8. The summed E-state index contributed by atoms with van der Waals surface area (Å²) in [6, 6.07) is 15.0. The van der Waals surface area contributed by atoms with Gasteiger partial charge in [0.15, 0.2) is 5.82 Å². The van der Waals surface area contributed by atoms with Gasteiger partial charge in [0.25, 0.3) is 5.91 Å². The van der Waals surface area contributed by atoms with Crippen molar-refractivity contribution in [2.75, 3.05) is 5.32 Å². The first-order valence-corrected chi connectivity index (χ1v) is 8.24. The maximum Gasteiger partial charge on any atom is 0.256 e. The van der Waals surface area contributed by atoms with E-state index in [4.69, 9.17) is 0 Å². The highest BCUT2D eigenvalue weighted by Crippen LogP contribution is 2.26. The molecule has 0 saturated heterocycles. The average Bonchev–Trinajstić information content (AvgIpc) is 3.00. The van der Waals surface area contributed by atoms with E-state index in [2.05, 4.69) is 36.2 Å². The van der Waals surface area contributed by atoms with Crippen LogP contribution in [-0.2, 0) is 5.41 Å². The van der Waals surface area contributed by atoms with Crippen molar-refractivity contribution < 1.29 is 4.79 Å². The normalized spacial score (nSPS) is 11.4. The zero-order valence-corrected chi connectivity index (χ0v) is 14.9. The molecule has 1 N–H and O–H groups in total. The van der Waals surface area contributed by atoms with Gasteiger partial charge in [-0.05, 0) is 31.2 Å². The molecule has 1 amide bonds. The van der Waals surface area contributed by atoms with E-state index in [0.717, 1.165) is 11.3 Å². The van der Waals surface area contributed by atoms with Crippen LogP contribution in [0, 0.1) is 6.92 Å². The van der Waals surface area contributed by atoms with E-state index < -0.39 is 0 Å². The van der Waals surface area contributed by atoms with Gasteiger partial charge in [-0.1, -0.05) is 44.5 Å². The van der Waals surface area contributed by atoms with E-state index in [1.165, 1.54) is 0 Å². The molecule has 5 nitrogen and oxygen atoms in total. The fraction of sp³-hybridized carbons (Fsp3) is 0.250. The minimum absolute atomic E-state index is 0.136. The Labute approximate surface area is 147 Å². The number of hydrogen-bond acceptors (Lipinski definition) is 3. The van der Waals surface area contributed by atoms with Crippen LogP contribution >= 0.6 is 0 Å². The first kappa shape index (κ1) is 16.9. The highest BCUT2D eigenvalue weighted by Gasteiger charge is 2.22. The van der Waals surface area contributed by atoms with Gasteiger partial charge in [-0.2, -0.15) is 9.78 Å². The van der Waals surface area contributed by atoms with E-state index in [0.29, 0.717) is 17.2 Å². The Bertz CT molecular complexity index is 892. The fourth-order valence-corrected chi connectivity index (χ4v) is 2.47. The summed E-state index contributed by atoms with van der Waals surface area (Å²) in [7, 11) is 0. The molecule has 0 aliphatic rings. The Balaban J connectivity index is 2.00. The smallest absolute Gasteiger partial charge is 0.256 e. The lowest BCUT2D eigenvalue weighted by molar-refractivity contribution is 0.102. The van der Waals surface area contributed by atoms with E-state index in [9.17, 15) is 4.79 Å². The second-order valence-electron chi connectivity index (χ2n) is 7.09. The second kappa shape index (κ2) is 6.51. The molecule has 3 aromatic rings. The number of benzene rings is 1. The maximum atomic E-state index is 12.6. The van der Waals surface area contributed by atoms with Crippen molar-refractivity contribution in [3.05, 3.63) is 71.5 Å². The van der Waals surface area contributed by atoms with E-state index in [-0.39, 0.29) is 11.3 Å². The molecule has 0 aliphatic carbocycles. The number of carbonyl (C=O) groups excluding carboxylic acids is 1. The monoisotopic (exact) mass is 334 g/mol. The topological polar surface area (TPSA) is 59.8 Å². The number of aryl methyl sites for hydroxylation is 1. The standard InChI is InChI=1S/C20H22N4O/c1-14-8-7-9-15(12-14)19(25)22-18-13-16(20(2,3)4)23-24(18)17-10-5-6-11-21-17/h5-13H,1-4H3,(H,22,25). The van der Waals surface area contributed by atoms with Gasteiger partial charge in [-0.25, -0.2) is 4.98 Å². The molecule has 0 spiro atoms. The van der Waals surface area contributed by atoms with Crippen LogP contribution in [0.15, 0.2) is 54.7 Å². The maximum absolute atomic E-state index is 12.6. The summed E-state index contributed by atoms with van der Waals surface area (Å²) in [5.74, 6) is 1.11. The molecule has 0 saturated carbocycles. The molecule has 0 bridgehead atoms. The number of amides is 1. The van der Waals surface area contributed by atoms with E-state index >= 15 is 0 Å². The minimum Gasteiger partial charge on any atom is -0.306 e. The number of anilines is 1. The van der Waals surface area contributed by atoms with Crippen molar-refractivity contribution in [1.29, 1.82) is 0 Å². The van der Waals surface area contributed by atoms with Gasteiger partial charge in [-0.3, -0.25) is 4.79 Å². The van der Waals surface area contributed by atoms with Gasteiger partial charge in [0.05, 0.1) is 5.69 Å². The van der Waals surface area contributed by atoms with Crippen molar-refractivity contribution in [1.82, 2.24) is 14.8 Å². The SMILES string of the molecule is Cc1cccc(C(=O)Nc2cc(C(C)(C)C)nn2-c2ccccn2)c1. The number of carbonyl (C=O) groups is 1. The van der Waals surface area contributed by atoms with Crippen molar-refractivity contribution in [3.63, 3.8) is 0 Å². The average molecular weight is 334 g/mol. The Morgan fingerprint density at radius 3 is 2.52 bits per heavy atom. The largest absolute Gasteiger partial charge is 0.306 e. The number of nitrogens with one attached hydrogen (secondary N) is 1. The molecule has 2 aromatic heterocycles. The second-order valence-corrected chi connectivity index (χ2v) is 7.09.